The number of nitrogens with zero attached hydrogens (tertiary/aromatic N) is 2. The van der Waals surface area contributed by atoms with Crippen molar-refractivity contribution in [2.24, 2.45) is 10.9 Å². The number of nitrogens with two attached hydrogens (primary N) is 1. The second kappa shape index (κ2) is 9.52. The van der Waals surface area contributed by atoms with Crippen molar-refractivity contribution in [3.63, 3.8) is 0 Å². The number of rotatable bonds is 7. The number of thioether (sulfide) groups is 1. The molecule has 29 heavy (non-hydrogen) atoms. The number of non-ortho nitro benzene ring substituents is 1. The van der Waals surface area contributed by atoms with E-state index in [1.54, 1.807) is 12.1 Å². The molecule has 0 unspecified atom stereocenters. The summed E-state index contributed by atoms with van der Waals surface area (Å²) in [6.07, 6.45) is 0. The lowest BCUT2D eigenvalue weighted by Gasteiger charge is -2.07. The highest BCUT2D eigenvalue weighted by molar-refractivity contribution is 7.98. The number of carbonyl (C=O) groups excluding carboxylic acids is 1. The molecule has 0 aliphatic carbocycles. The van der Waals surface area contributed by atoms with Gasteiger partial charge in [-0.25, -0.2) is 4.79 Å². The van der Waals surface area contributed by atoms with Gasteiger partial charge >= 0.3 is 5.97 Å². The van der Waals surface area contributed by atoms with E-state index < -0.39 is 10.9 Å². The number of nitro groups is 1. The fraction of sp³-hybridized carbons (Fsp3) is 0.0476. The molecule has 0 radical (unpaired) electrons. The lowest BCUT2D eigenvalue weighted by molar-refractivity contribution is -0.384. The second-order valence-corrected chi connectivity index (χ2v) is 6.95. The van der Waals surface area contributed by atoms with Crippen LogP contribution in [0, 0.1) is 10.1 Å². The first-order valence-electron chi connectivity index (χ1n) is 8.60. The van der Waals surface area contributed by atoms with Crippen molar-refractivity contribution in [3.8, 4) is 0 Å². The summed E-state index contributed by atoms with van der Waals surface area (Å²) in [5.74, 6) is 0.0213. The van der Waals surface area contributed by atoms with Gasteiger partial charge in [0.05, 0.1) is 10.5 Å². The summed E-state index contributed by atoms with van der Waals surface area (Å²) in [5, 5.41) is 14.4. The van der Waals surface area contributed by atoms with Crippen LogP contribution < -0.4 is 5.73 Å². The van der Waals surface area contributed by atoms with E-state index in [0.29, 0.717) is 16.9 Å². The van der Waals surface area contributed by atoms with E-state index in [2.05, 4.69) is 5.16 Å². The highest BCUT2D eigenvalue weighted by Crippen LogP contribution is 2.27. The van der Waals surface area contributed by atoms with Crippen LogP contribution >= 0.6 is 11.8 Å². The van der Waals surface area contributed by atoms with E-state index in [1.165, 1.54) is 36.0 Å². The van der Waals surface area contributed by atoms with E-state index in [4.69, 9.17) is 10.6 Å². The highest BCUT2D eigenvalue weighted by Gasteiger charge is 2.14. The number of hydrogen-bond acceptors (Lipinski definition) is 6. The van der Waals surface area contributed by atoms with E-state index in [1.807, 2.05) is 42.5 Å². The van der Waals surface area contributed by atoms with Crippen molar-refractivity contribution >= 4 is 29.3 Å². The molecule has 146 valence electrons. The first-order chi connectivity index (χ1) is 14.0. The van der Waals surface area contributed by atoms with Gasteiger partial charge in [0.25, 0.3) is 5.69 Å². The molecule has 0 atom stereocenters. The lowest BCUT2D eigenvalue weighted by Crippen LogP contribution is -2.15. The maximum absolute atomic E-state index is 12.5. The SMILES string of the molecule is N/C(=N/OC(=O)c1ccccc1SCc1ccccc1)c1ccc([N+](=O)[O-])cc1. The second-order valence-electron chi connectivity index (χ2n) is 5.93. The molecule has 3 aromatic carbocycles. The summed E-state index contributed by atoms with van der Waals surface area (Å²) in [4.78, 5) is 28.4. The molecule has 0 aliphatic heterocycles. The van der Waals surface area contributed by atoms with Gasteiger partial charge in [-0.15, -0.1) is 11.8 Å². The standard InChI is InChI=1S/C21H17N3O4S/c22-20(16-10-12-17(13-11-16)24(26)27)23-28-21(25)18-8-4-5-9-19(18)29-14-15-6-2-1-3-7-15/h1-13H,14H2,(H2,22,23). The van der Waals surface area contributed by atoms with Crippen LogP contribution in [0.15, 0.2) is 88.9 Å². The number of carbonyl (C=O) groups is 1. The Labute approximate surface area is 171 Å². The molecule has 0 aromatic heterocycles. The Balaban J connectivity index is 1.68. The summed E-state index contributed by atoms with van der Waals surface area (Å²) < 4.78 is 0. The van der Waals surface area contributed by atoms with Gasteiger partial charge in [0.15, 0.2) is 5.84 Å². The number of amidine groups is 1. The van der Waals surface area contributed by atoms with E-state index in [0.717, 1.165) is 10.5 Å². The monoisotopic (exact) mass is 407 g/mol. The predicted octanol–water partition coefficient (Wildman–Crippen LogP) is 4.36. The number of nitro benzene ring substituents is 1. The smallest absolute Gasteiger partial charge is 0.366 e. The van der Waals surface area contributed by atoms with Crippen LogP contribution in [0.1, 0.15) is 21.5 Å². The maximum Gasteiger partial charge on any atom is 0.366 e. The number of hydrogen-bond donors (Lipinski definition) is 1. The van der Waals surface area contributed by atoms with Crippen LogP contribution in [0.3, 0.4) is 0 Å². The van der Waals surface area contributed by atoms with Gasteiger partial charge in [-0.05, 0) is 29.8 Å². The fourth-order valence-electron chi connectivity index (χ4n) is 2.44. The van der Waals surface area contributed by atoms with E-state index >= 15 is 0 Å². The Kier molecular flexibility index (Phi) is 6.59. The van der Waals surface area contributed by atoms with E-state index in [9.17, 15) is 14.9 Å². The van der Waals surface area contributed by atoms with Gasteiger partial charge in [-0.3, -0.25) is 10.1 Å². The minimum absolute atomic E-state index is 0.0531. The molecule has 0 aliphatic rings. The van der Waals surface area contributed by atoms with Crippen LogP contribution in [0.2, 0.25) is 0 Å². The normalized spacial score (nSPS) is 11.1. The number of benzene rings is 3. The van der Waals surface area contributed by atoms with Crippen LogP contribution in [0.4, 0.5) is 5.69 Å². The van der Waals surface area contributed by atoms with Crippen LogP contribution in [0.5, 0.6) is 0 Å². The molecule has 0 saturated heterocycles. The molecule has 0 bridgehead atoms. The quantitative estimate of drug-likeness (QED) is 0.156. The molecule has 2 N–H and O–H groups in total. The van der Waals surface area contributed by atoms with Crippen molar-refractivity contribution in [2.45, 2.75) is 10.6 Å². The Hall–Kier alpha value is -3.65. The van der Waals surface area contributed by atoms with Crippen molar-refractivity contribution < 1.29 is 14.6 Å². The summed E-state index contributed by atoms with van der Waals surface area (Å²) in [6.45, 7) is 0. The van der Waals surface area contributed by atoms with Crippen molar-refractivity contribution in [1.29, 1.82) is 0 Å². The zero-order chi connectivity index (χ0) is 20.6. The molecule has 0 fully saturated rings. The van der Waals surface area contributed by atoms with Gasteiger partial charge < -0.3 is 10.6 Å². The molecule has 0 spiro atoms. The Morgan fingerprint density at radius 2 is 1.66 bits per heavy atom. The van der Waals surface area contributed by atoms with Crippen molar-refractivity contribution in [2.75, 3.05) is 0 Å². The molecular formula is C21H17N3O4S. The summed E-state index contributed by atoms with van der Waals surface area (Å²) in [7, 11) is 0. The van der Waals surface area contributed by atoms with Gasteiger partial charge in [-0.2, -0.15) is 0 Å². The zero-order valence-electron chi connectivity index (χ0n) is 15.2. The molecule has 8 heteroatoms. The van der Waals surface area contributed by atoms with E-state index in [-0.39, 0.29) is 11.5 Å². The Morgan fingerprint density at radius 1 is 1.00 bits per heavy atom. The summed E-state index contributed by atoms with van der Waals surface area (Å²) in [5.41, 5.74) is 7.69. The molecule has 3 rings (SSSR count). The zero-order valence-corrected chi connectivity index (χ0v) is 16.0. The van der Waals surface area contributed by atoms with Crippen molar-refractivity contribution in [3.05, 3.63) is 106 Å². The van der Waals surface area contributed by atoms with Crippen LogP contribution in [-0.4, -0.2) is 16.7 Å². The molecular weight excluding hydrogens is 390 g/mol. The molecule has 0 saturated carbocycles. The average Bonchev–Trinajstić information content (AvgIpc) is 2.76. The lowest BCUT2D eigenvalue weighted by atomic mass is 10.2. The van der Waals surface area contributed by atoms with Gasteiger partial charge in [0, 0.05) is 28.3 Å². The largest absolute Gasteiger partial charge is 0.380 e. The third-order valence-corrected chi connectivity index (χ3v) is 5.09. The van der Waals surface area contributed by atoms with Gasteiger partial charge in [0.2, 0.25) is 0 Å². The Bertz CT molecular complexity index is 1040. The minimum atomic E-state index is -0.633. The first kappa shape index (κ1) is 20.1. The highest BCUT2D eigenvalue weighted by atomic mass is 32.2. The molecule has 3 aromatic rings. The van der Waals surface area contributed by atoms with Crippen molar-refractivity contribution in [1.82, 2.24) is 0 Å². The van der Waals surface area contributed by atoms with Crippen LogP contribution in [-0.2, 0) is 10.6 Å². The van der Waals surface area contributed by atoms with Gasteiger partial charge in [-0.1, -0.05) is 47.6 Å². The first-order valence-corrected chi connectivity index (χ1v) is 9.58. The maximum atomic E-state index is 12.5. The molecule has 0 heterocycles. The number of oxime groups is 1. The fourth-order valence-corrected chi connectivity index (χ4v) is 3.44. The summed E-state index contributed by atoms with van der Waals surface area (Å²) >= 11 is 1.52. The average molecular weight is 407 g/mol. The summed E-state index contributed by atoms with van der Waals surface area (Å²) in [6, 6.07) is 22.5. The minimum Gasteiger partial charge on any atom is -0.380 e. The molecule has 7 nitrogen and oxygen atoms in total. The third kappa shape index (κ3) is 5.43. The molecule has 0 amide bonds. The third-order valence-electron chi connectivity index (χ3n) is 3.94. The Morgan fingerprint density at radius 3 is 2.34 bits per heavy atom. The predicted molar refractivity (Wildman–Crippen MR) is 112 cm³/mol. The topological polar surface area (TPSA) is 108 Å². The van der Waals surface area contributed by atoms with Gasteiger partial charge in [0.1, 0.15) is 0 Å². The van der Waals surface area contributed by atoms with Crippen LogP contribution in [0.25, 0.3) is 0 Å².